The number of nitrogens with zero attached hydrogens (tertiary/aromatic N) is 2. The molecule has 0 unspecified atom stereocenters. The first-order valence-electron chi connectivity index (χ1n) is 5.25. The van der Waals surface area contributed by atoms with Crippen molar-refractivity contribution in [3.05, 3.63) is 45.5 Å². The average molecular weight is 360 g/mol. The fourth-order valence-electron chi connectivity index (χ4n) is 1.07. The van der Waals surface area contributed by atoms with E-state index in [0.717, 1.165) is 24.5 Å². The molecule has 2 heterocycles. The van der Waals surface area contributed by atoms with Gasteiger partial charge in [0.2, 0.25) is 0 Å². The quantitative estimate of drug-likeness (QED) is 0.543. The number of halogens is 6. The summed E-state index contributed by atoms with van der Waals surface area (Å²) < 4.78 is 70.8. The zero-order valence-electron chi connectivity index (χ0n) is 10.3. The predicted octanol–water partition coefficient (Wildman–Crippen LogP) is 4.32. The zero-order chi connectivity index (χ0) is 17.0. The molecule has 0 saturated carbocycles. The summed E-state index contributed by atoms with van der Waals surface area (Å²) in [4.78, 5) is 10.7. The molecule has 2 rings (SSSR count). The summed E-state index contributed by atoms with van der Waals surface area (Å²) >= 11 is 8.80. The summed E-state index contributed by atoms with van der Waals surface area (Å²) in [7, 11) is 0. The van der Waals surface area contributed by atoms with E-state index in [1.165, 1.54) is 0 Å². The lowest BCUT2D eigenvalue weighted by Crippen LogP contribution is -2.07. The fraction of sp³-hybridized carbons (Fsp3) is 0.200. The maximum Gasteiger partial charge on any atom is 0.431 e. The van der Waals surface area contributed by atoms with Gasteiger partial charge in [-0.1, -0.05) is 0 Å². The van der Waals surface area contributed by atoms with E-state index in [9.17, 15) is 26.3 Å². The van der Waals surface area contributed by atoms with E-state index >= 15 is 0 Å². The Morgan fingerprint density at radius 2 is 1.05 bits per heavy atom. The van der Waals surface area contributed by atoms with Crippen molar-refractivity contribution in [3.63, 3.8) is 0 Å². The van der Waals surface area contributed by atoms with Crippen LogP contribution in [0.3, 0.4) is 0 Å². The van der Waals surface area contributed by atoms with Crippen LogP contribution >= 0.6 is 24.4 Å². The third-order valence-electron chi connectivity index (χ3n) is 1.96. The van der Waals surface area contributed by atoms with E-state index in [0.29, 0.717) is 0 Å². The van der Waals surface area contributed by atoms with Gasteiger partial charge in [0.15, 0.2) is 9.54 Å². The molecule has 0 spiro atoms. The number of alkyl halides is 6. The first-order chi connectivity index (χ1) is 10.00. The highest BCUT2D eigenvalue weighted by molar-refractivity contribution is 7.71. The van der Waals surface area contributed by atoms with Crippen LogP contribution in [0, 0.1) is 9.54 Å². The van der Waals surface area contributed by atoms with Gasteiger partial charge < -0.3 is 9.97 Å². The van der Waals surface area contributed by atoms with Crippen LogP contribution < -0.4 is 0 Å². The highest BCUT2D eigenvalue weighted by Gasteiger charge is 2.31. The lowest BCUT2D eigenvalue weighted by molar-refractivity contribution is -0.142. The van der Waals surface area contributed by atoms with Crippen LogP contribution in [0.1, 0.15) is 11.4 Å². The van der Waals surface area contributed by atoms with E-state index in [2.05, 4.69) is 34.4 Å². The molecule has 0 aliphatic carbocycles. The molecule has 0 aliphatic rings. The highest BCUT2D eigenvalue weighted by atomic mass is 32.1. The summed E-state index contributed by atoms with van der Waals surface area (Å²) in [5.41, 5.74) is -1.75. The minimum Gasteiger partial charge on any atom is -0.327 e. The summed E-state index contributed by atoms with van der Waals surface area (Å²) in [5, 5.41) is 0. The molecule has 22 heavy (non-hydrogen) atoms. The molecule has 0 saturated heterocycles. The molecule has 2 N–H and O–H groups in total. The van der Waals surface area contributed by atoms with Crippen molar-refractivity contribution < 1.29 is 26.3 Å². The van der Waals surface area contributed by atoms with Gasteiger partial charge in [0.25, 0.3) is 0 Å². The third kappa shape index (κ3) is 5.89. The summed E-state index contributed by atoms with van der Waals surface area (Å²) in [6, 6.07) is 1.66. The average Bonchev–Trinajstić information content (AvgIpc) is 2.37. The topological polar surface area (TPSA) is 57.4 Å². The van der Waals surface area contributed by atoms with Gasteiger partial charge >= 0.3 is 12.4 Å². The second kappa shape index (κ2) is 6.96. The van der Waals surface area contributed by atoms with Crippen LogP contribution in [-0.4, -0.2) is 19.9 Å². The number of aromatic nitrogens is 4. The summed E-state index contributed by atoms with van der Waals surface area (Å²) in [5.74, 6) is 0. The Balaban J connectivity index is 0.000000220. The molecule has 0 bridgehead atoms. The predicted molar refractivity (Wildman–Crippen MR) is 68.8 cm³/mol. The molecular weight excluding hydrogens is 354 g/mol. The van der Waals surface area contributed by atoms with Crippen LogP contribution in [0.25, 0.3) is 0 Å². The van der Waals surface area contributed by atoms with Crippen LogP contribution in [0.5, 0.6) is 0 Å². The number of aromatic amines is 2. The third-order valence-corrected chi connectivity index (χ3v) is 2.37. The Morgan fingerprint density at radius 3 is 1.23 bits per heavy atom. The van der Waals surface area contributed by atoms with Crippen molar-refractivity contribution >= 4 is 24.4 Å². The van der Waals surface area contributed by atoms with Crippen LogP contribution in [0.15, 0.2) is 24.5 Å². The standard InChI is InChI=1S/2C5H3F3N2S/c2*6-5(7,8)3-1-2-9-4(11)10-3/h2*1-2H,(H,9,10,11). The first kappa shape index (κ1) is 18.2. The van der Waals surface area contributed by atoms with Gasteiger partial charge in [0.1, 0.15) is 11.4 Å². The van der Waals surface area contributed by atoms with Gasteiger partial charge in [-0.3, -0.25) is 0 Å². The van der Waals surface area contributed by atoms with Crippen molar-refractivity contribution in [3.8, 4) is 0 Å². The molecule has 4 nitrogen and oxygen atoms in total. The van der Waals surface area contributed by atoms with E-state index in [1.54, 1.807) is 0 Å². The second-order valence-corrected chi connectivity index (χ2v) is 4.35. The number of H-pyrrole nitrogens is 2. The lowest BCUT2D eigenvalue weighted by atomic mass is 10.4. The first-order valence-corrected chi connectivity index (χ1v) is 6.07. The Morgan fingerprint density at radius 1 is 0.727 bits per heavy atom. The van der Waals surface area contributed by atoms with Gasteiger partial charge in [0, 0.05) is 12.4 Å². The minimum absolute atomic E-state index is 0.167. The van der Waals surface area contributed by atoms with E-state index in [-0.39, 0.29) is 9.54 Å². The molecule has 0 aliphatic heterocycles. The van der Waals surface area contributed by atoms with Crippen molar-refractivity contribution in [1.29, 1.82) is 0 Å². The normalized spacial score (nSPS) is 11.5. The van der Waals surface area contributed by atoms with Crippen molar-refractivity contribution in [1.82, 2.24) is 19.9 Å². The van der Waals surface area contributed by atoms with Gasteiger partial charge in [0.05, 0.1) is 0 Å². The van der Waals surface area contributed by atoms with Crippen molar-refractivity contribution in [2.24, 2.45) is 0 Å². The number of rotatable bonds is 0. The van der Waals surface area contributed by atoms with E-state index in [1.807, 2.05) is 9.97 Å². The van der Waals surface area contributed by atoms with Gasteiger partial charge in [-0.05, 0) is 36.6 Å². The molecule has 0 aromatic carbocycles. The Hall–Kier alpha value is -1.82. The molecule has 2 aromatic rings. The van der Waals surface area contributed by atoms with E-state index < -0.39 is 23.7 Å². The molecular formula is C10H6F6N4S2. The summed E-state index contributed by atoms with van der Waals surface area (Å²) in [6.07, 6.45) is -6.73. The largest absolute Gasteiger partial charge is 0.431 e. The van der Waals surface area contributed by atoms with Crippen molar-refractivity contribution in [2.75, 3.05) is 0 Å². The number of nitrogens with one attached hydrogen (secondary N) is 2. The summed E-state index contributed by atoms with van der Waals surface area (Å²) in [6.45, 7) is 0. The number of hydrogen-bond acceptors (Lipinski definition) is 4. The monoisotopic (exact) mass is 360 g/mol. The molecule has 12 heteroatoms. The van der Waals surface area contributed by atoms with Crippen LogP contribution in [0.2, 0.25) is 0 Å². The maximum atomic E-state index is 11.9. The second-order valence-electron chi connectivity index (χ2n) is 3.57. The van der Waals surface area contributed by atoms with E-state index in [4.69, 9.17) is 0 Å². The Labute approximate surface area is 129 Å². The van der Waals surface area contributed by atoms with Crippen LogP contribution in [-0.2, 0) is 12.4 Å². The molecule has 0 amide bonds. The molecule has 2 aromatic heterocycles. The van der Waals surface area contributed by atoms with Crippen molar-refractivity contribution in [2.45, 2.75) is 12.4 Å². The smallest absolute Gasteiger partial charge is 0.327 e. The number of hydrogen-bond donors (Lipinski definition) is 2. The van der Waals surface area contributed by atoms with Crippen LogP contribution in [0.4, 0.5) is 26.3 Å². The zero-order valence-corrected chi connectivity index (χ0v) is 11.9. The molecule has 0 atom stereocenters. The maximum absolute atomic E-state index is 11.9. The SMILES string of the molecule is FC(F)(F)c1ccnc(=S)[nH]1.FC(F)(F)c1ccnc(=S)[nH]1. The van der Waals surface area contributed by atoms with Gasteiger partial charge in [-0.15, -0.1) is 0 Å². The molecule has 120 valence electrons. The molecule has 0 radical (unpaired) electrons. The minimum atomic E-state index is -4.38. The fourth-order valence-corrected chi connectivity index (χ4v) is 1.41. The Bertz CT molecular complexity index is 670. The highest BCUT2D eigenvalue weighted by Crippen LogP contribution is 2.27. The molecule has 0 fully saturated rings. The van der Waals surface area contributed by atoms with Gasteiger partial charge in [-0.2, -0.15) is 26.3 Å². The Kier molecular flexibility index (Phi) is 5.77. The lowest BCUT2D eigenvalue weighted by Gasteiger charge is -2.03. The van der Waals surface area contributed by atoms with Gasteiger partial charge in [-0.25, -0.2) is 9.97 Å².